The molecule has 0 aliphatic carbocycles. The molecule has 25 heavy (non-hydrogen) atoms. The van der Waals surface area contributed by atoms with Gasteiger partial charge in [0.1, 0.15) is 6.33 Å². The molecule has 0 radical (unpaired) electrons. The number of hydrogen-bond acceptors (Lipinski definition) is 5. The molecule has 3 aromatic rings. The standard InChI is InChI=1S/C18H19N5O2/c24-17(21-15-6-7-16-19-13-20-23(16)11-15)18(25)8-9-22(12-18)10-14-4-2-1-3-5-14/h1-7,11,13,25H,8-10,12H2,(H,21,24). The molecule has 0 saturated carbocycles. The summed E-state index contributed by atoms with van der Waals surface area (Å²) in [4.78, 5) is 18.7. The fourth-order valence-corrected chi connectivity index (χ4v) is 3.17. The Balaban J connectivity index is 1.42. The minimum atomic E-state index is -1.38. The summed E-state index contributed by atoms with van der Waals surface area (Å²) in [5, 5.41) is 17.6. The molecule has 1 amide bonds. The van der Waals surface area contributed by atoms with Gasteiger partial charge in [0.25, 0.3) is 5.91 Å². The monoisotopic (exact) mass is 337 g/mol. The smallest absolute Gasteiger partial charge is 0.257 e. The van der Waals surface area contributed by atoms with Gasteiger partial charge in [-0.2, -0.15) is 5.10 Å². The maximum atomic E-state index is 12.6. The summed E-state index contributed by atoms with van der Waals surface area (Å²) in [5.74, 6) is -0.387. The first kappa shape index (κ1) is 15.7. The number of fused-ring (bicyclic) bond motifs is 1. The van der Waals surface area contributed by atoms with Crippen molar-refractivity contribution in [2.75, 3.05) is 18.4 Å². The highest BCUT2D eigenvalue weighted by atomic mass is 16.3. The quantitative estimate of drug-likeness (QED) is 0.750. The van der Waals surface area contributed by atoms with E-state index in [4.69, 9.17) is 0 Å². The van der Waals surface area contributed by atoms with Gasteiger partial charge in [0, 0.05) is 19.6 Å². The second-order valence-electron chi connectivity index (χ2n) is 6.41. The molecule has 1 fully saturated rings. The minimum Gasteiger partial charge on any atom is -0.379 e. The Morgan fingerprint density at radius 2 is 2.08 bits per heavy atom. The molecule has 1 atom stereocenters. The molecule has 3 heterocycles. The van der Waals surface area contributed by atoms with Crippen molar-refractivity contribution in [3.05, 3.63) is 60.6 Å². The number of nitrogens with zero attached hydrogens (tertiary/aromatic N) is 4. The molecule has 2 aromatic heterocycles. The van der Waals surface area contributed by atoms with Gasteiger partial charge in [0.15, 0.2) is 11.2 Å². The van der Waals surface area contributed by atoms with Crippen LogP contribution in [0.25, 0.3) is 5.65 Å². The fraction of sp³-hybridized carbons (Fsp3) is 0.278. The number of pyridine rings is 1. The van der Waals surface area contributed by atoms with E-state index >= 15 is 0 Å². The molecule has 1 aliphatic rings. The van der Waals surface area contributed by atoms with Crippen LogP contribution in [0.5, 0.6) is 0 Å². The molecule has 0 spiro atoms. The maximum absolute atomic E-state index is 12.6. The Kier molecular flexibility index (Phi) is 3.95. The van der Waals surface area contributed by atoms with Crippen LogP contribution in [-0.2, 0) is 11.3 Å². The van der Waals surface area contributed by atoms with Crippen molar-refractivity contribution < 1.29 is 9.90 Å². The Labute approximate surface area is 144 Å². The van der Waals surface area contributed by atoms with Crippen LogP contribution in [0.3, 0.4) is 0 Å². The van der Waals surface area contributed by atoms with Crippen molar-refractivity contribution in [2.45, 2.75) is 18.6 Å². The van der Waals surface area contributed by atoms with Gasteiger partial charge in [0.2, 0.25) is 0 Å². The molecular weight excluding hydrogens is 318 g/mol. The number of aliphatic hydroxyl groups is 1. The molecule has 128 valence electrons. The van der Waals surface area contributed by atoms with Gasteiger partial charge in [-0.25, -0.2) is 9.50 Å². The highest BCUT2D eigenvalue weighted by Gasteiger charge is 2.42. The third-order valence-corrected chi connectivity index (χ3v) is 4.53. The topological polar surface area (TPSA) is 82.8 Å². The summed E-state index contributed by atoms with van der Waals surface area (Å²) in [6, 6.07) is 13.6. The second-order valence-corrected chi connectivity index (χ2v) is 6.41. The van der Waals surface area contributed by atoms with Gasteiger partial charge in [-0.05, 0) is 24.1 Å². The predicted molar refractivity (Wildman–Crippen MR) is 92.9 cm³/mol. The van der Waals surface area contributed by atoms with E-state index in [-0.39, 0.29) is 5.91 Å². The molecular formula is C18H19N5O2. The van der Waals surface area contributed by atoms with Gasteiger partial charge in [0.05, 0.1) is 11.9 Å². The molecule has 2 N–H and O–H groups in total. The van der Waals surface area contributed by atoms with E-state index in [1.165, 1.54) is 11.9 Å². The summed E-state index contributed by atoms with van der Waals surface area (Å²) in [6.07, 6.45) is 3.55. The summed E-state index contributed by atoms with van der Waals surface area (Å²) in [6.45, 7) is 1.72. The van der Waals surface area contributed by atoms with Crippen molar-refractivity contribution in [1.82, 2.24) is 19.5 Å². The number of carbonyl (C=O) groups is 1. The zero-order valence-electron chi connectivity index (χ0n) is 13.7. The van der Waals surface area contributed by atoms with Crippen molar-refractivity contribution in [1.29, 1.82) is 0 Å². The Morgan fingerprint density at radius 1 is 1.24 bits per heavy atom. The first-order chi connectivity index (χ1) is 12.1. The summed E-state index contributed by atoms with van der Waals surface area (Å²) < 4.78 is 1.58. The van der Waals surface area contributed by atoms with Crippen molar-refractivity contribution >= 4 is 17.2 Å². The van der Waals surface area contributed by atoms with Crippen LogP contribution >= 0.6 is 0 Å². The normalized spacial score (nSPS) is 20.8. The van der Waals surface area contributed by atoms with Crippen LogP contribution < -0.4 is 5.32 Å². The largest absolute Gasteiger partial charge is 0.379 e. The van der Waals surface area contributed by atoms with E-state index in [1.807, 2.05) is 30.3 Å². The molecule has 1 aromatic carbocycles. The lowest BCUT2D eigenvalue weighted by molar-refractivity contribution is -0.132. The lowest BCUT2D eigenvalue weighted by Crippen LogP contribution is -2.45. The van der Waals surface area contributed by atoms with Crippen LogP contribution in [0.15, 0.2) is 55.0 Å². The average Bonchev–Trinajstić information content (AvgIpc) is 3.23. The lowest BCUT2D eigenvalue weighted by atomic mass is 10.0. The van der Waals surface area contributed by atoms with Crippen LogP contribution in [-0.4, -0.2) is 49.2 Å². The highest BCUT2D eigenvalue weighted by molar-refractivity contribution is 5.97. The molecule has 1 saturated heterocycles. The van der Waals surface area contributed by atoms with Crippen molar-refractivity contribution in [3.8, 4) is 0 Å². The summed E-state index contributed by atoms with van der Waals surface area (Å²) in [5.41, 5.74) is 1.07. The maximum Gasteiger partial charge on any atom is 0.257 e. The summed E-state index contributed by atoms with van der Waals surface area (Å²) >= 11 is 0. The Morgan fingerprint density at radius 3 is 2.92 bits per heavy atom. The third-order valence-electron chi connectivity index (χ3n) is 4.53. The lowest BCUT2D eigenvalue weighted by Gasteiger charge is -2.22. The van der Waals surface area contributed by atoms with Crippen molar-refractivity contribution in [3.63, 3.8) is 0 Å². The number of benzene rings is 1. The van der Waals surface area contributed by atoms with E-state index in [9.17, 15) is 9.90 Å². The zero-order chi connectivity index (χ0) is 17.3. The van der Waals surface area contributed by atoms with Crippen LogP contribution in [0.1, 0.15) is 12.0 Å². The highest BCUT2D eigenvalue weighted by Crippen LogP contribution is 2.24. The molecule has 1 unspecified atom stereocenters. The summed E-state index contributed by atoms with van der Waals surface area (Å²) in [7, 11) is 0. The van der Waals surface area contributed by atoms with Gasteiger partial charge in [-0.1, -0.05) is 30.3 Å². The number of aromatic nitrogens is 3. The van der Waals surface area contributed by atoms with E-state index < -0.39 is 5.60 Å². The van der Waals surface area contributed by atoms with Crippen LogP contribution in [0, 0.1) is 0 Å². The predicted octanol–water partition coefficient (Wildman–Crippen LogP) is 1.30. The van der Waals surface area contributed by atoms with E-state index in [0.717, 1.165) is 6.54 Å². The van der Waals surface area contributed by atoms with Crippen molar-refractivity contribution in [2.24, 2.45) is 0 Å². The van der Waals surface area contributed by atoms with Gasteiger partial charge >= 0.3 is 0 Å². The fourth-order valence-electron chi connectivity index (χ4n) is 3.17. The number of amides is 1. The molecule has 1 aliphatic heterocycles. The van der Waals surface area contributed by atoms with Gasteiger partial charge < -0.3 is 10.4 Å². The number of likely N-dealkylation sites (tertiary alicyclic amines) is 1. The number of carbonyl (C=O) groups excluding carboxylic acids is 1. The molecule has 7 nitrogen and oxygen atoms in total. The first-order valence-corrected chi connectivity index (χ1v) is 8.22. The van der Waals surface area contributed by atoms with Gasteiger partial charge in [-0.3, -0.25) is 9.69 Å². The average molecular weight is 337 g/mol. The van der Waals surface area contributed by atoms with E-state index in [0.29, 0.717) is 30.8 Å². The van der Waals surface area contributed by atoms with Crippen LogP contribution in [0.4, 0.5) is 5.69 Å². The number of hydrogen-bond donors (Lipinski definition) is 2. The minimum absolute atomic E-state index is 0.319. The van der Waals surface area contributed by atoms with Crippen LogP contribution in [0.2, 0.25) is 0 Å². The molecule has 0 bridgehead atoms. The second kappa shape index (κ2) is 6.27. The third kappa shape index (κ3) is 3.24. The molecule has 4 rings (SSSR count). The number of nitrogens with one attached hydrogen (secondary N) is 1. The van der Waals surface area contributed by atoms with Gasteiger partial charge in [-0.15, -0.1) is 0 Å². The molecule has 7 heteroatoms. The van der Waals surface area contributed by atoms with E-state index in [2.05, 4.69) is 20.3 Å². The zero-order valence-corrected chi connectivity index (χ0v) is 13.7. The first-order valence-electron chi connectivity index (χ1n) is 8.22. The number of rotatable bonds is 4. The van der Waals surface area contributed by atoms with E-state index in [1.54, 1.807) is 22.8 Å². The Hall–Kier alpha value is -2.77. The Bertz CT molecular complexity index is 895. The number of β-amino-alcohol motifs (C(OH)–C–C–N with tert-alkyl or cyclic N) is 1. The SMILES string of the molecule is O=C(Nc1ccc2ncnn2c1)C1(O)CCN(Cc2ccccc2)C1. The number of anilines is 1.